The summed E-state index contributed by atoms with van der Waals surface area (Å²) in [5, 5.41) is 7.40. The molecule has 0 spiro atoms. The molecule has 0 amide bonds. The summed E-state index contributed by atoms with van der Waals surface area (Å²) in [5.41, 5.74) is 0. The van der Waals surface area contributed by atoms with Crippen LogP contribution in [-0.2, 0) is 9.47 Å². The van der Waals surface area contributed by atoms with E-state index in [1.54, 1.807) is 0 Å². The first-order valence-electron chi connectivity index (χ1n) is 5.35. The van der Waals surface area contributed by atoms with Crippen LogP contribution in [0.2, 0.25) is 0 Å². The smallest absolute Gasteiger partial charge is 0.286 e. The summed E-state index contributed by atoms with van der Waals surface area (Å²) >= 11 is 0. The average molecular weight is 205 g/mol. The van der Waals surface area contributed by atoms with Crippen LogP contribution < -0.4 is 0 Å². The fraction of sp³-hybridized carbons (Fsp3) is 0.909. The Labute approximate surface area is 90.0 Å². The highest BCUT2D eigenvalue weighted by molar-refractivity contribution is 4.58. The van der Waals surface area contributed by atoms with Crippen molar-refractivity contribution in [3.05, 3.63) is 0 Å². The van der Waals surface area contributed by atoms with E-state index in [-0.39, 0.29) is 0 Å². The summed E-state index contributed by atoms with van der Waals surface area (Å²) in [6.07, 6.45) is 2.01. The van der Waals surface area contributed by atoms with Crippen molar-refractivity contribution in [2.45, 2.75) is 54.6 Å². The molecule has 0 bridgehead atoms. The topological polar surface area (TPSA) is 45.5 Å². The van der Waals surface area contributed by atoms with Gasteiger partial charge in [-0.25, -0.2) is 0 Å². The van der Waals surface area contributed by atoms with E-state index in [1.165, 1.54) is 13.4 Å². The van der Waals surface area contributed by atoms with Crippen molar-refractivity contribution in [2.24, 2.45) is 0 Å². The van der Waals surface area contributed by atoms with Crippen molar-refractivity contribution in [1.82, 2.24) is 0 Å². The molecule has 1 fully saturated rings. The summed E-state index contributed by atoms with van der Waals surface area (Å²) in [5.74, 6) is 0. The molecule has 88 valence electrons. The second-order valence-corrected chi connectivity index (χ2v) is 1.44. The molecule has 3 nitrogen and oxygen atoms in total. The first-order chi connectivity index (χ1) is 6.81. The normalized spacial score (nSPS) is 13.8. The average Bonchev–Trinajstić information content (AvgIpc) is 3.09. The number of rotatable bonds is 0. The second kappa shape index (κ2) is 39.7. The minimum Gasteiger partial charge on any atom is -0.431 e. The molecule has 0 aromatic carbocycles. The Balaban J connectivity index is -0.0000000475. The van der Waals surface area contributed by atoms with Gasteiger partial charge in [0.2, 0.25) is 0 Å². The number of nitriles is 1. The van der Waals surface area contributed by atoms with Gasteiger partial charge in [-0.1, -0.05) is 41.5 Å². The molecule has 3 heteroatoms. The molecule has 1 unspecified atom stereocenters. The van der Waals surface area contributed by atoms with Gasteiger partial charge in [0.1, 0.15) is 0 Å². The molecule has 0 N–H and O–H groups in total. The van der Waals surface area contributed by atoms with Gasteiger partial charge >= 0.3 is 0 Å². The van der Waals surface area contributed by atoms with Crippen LogP contribution >= 0.6 is 0 Å². The van der Waals surface area contributed by atoms with Crippen LogP contribution in [-0.4, -0.2) is 19.8 Å². The lowest BCUT2D eigenvalue weighted by Crippen LogP contribution is -1.60. The highest BCUT2D eigenvalue weighted by Crippen LogP contribution is 2.04. The van der Waals surface area contributed by atoms with E-state index in [1.807, 2.05) is 41.5 Å². The van der Waals surface area contributed by atoms with Crippen molar-refractivity contribution in [2.75, 3.05) is 13.7 Å². The van der Waals surface area contributed by atoms with Crippen molar-refractivity contribution in [1.29, 1.82) is 5.26 Å². The summed E-state index contributed by atoms with van der Waals surface area (Å²) < 4.78 is 8.56. The molecule has 1 aliphatic rings. The number of ether oxygens (including phenoxy) is 2. The van der Waals surface area contributed by atoms with Crippen molar-refractivity contribution < 1.29 is 9.47 Å². The Bertz CT molecular complexity index is 85.8. The largest absolute Gasteiger partial charge is 0.431 e. The van der Waals surface area contributed by atoms with Crippen LogP contribution in [0.4, 0.5) is 0 Å². The SMILES string of the molecule is CC.CC.CC.CC1CO1.COC#N. The number of epoxide rings is 1. The highest BCUT2D eigenvalue weighted by Gasteiger charge is 2.13. The van der Waals surface area contributed by atoms with Crippen molar-refractivity contribution in [3.8, 4) is 6.26 Å². The zero-order chi connectivity index (χ0) is 12.4. The molecule has 1 atom stereocenters. The third-order valence-corrected chi connectivity index (χ3v) is 0.591. The van der Waals surface area contributed by atoms with E-state index >= 15 is 0 Å². The van der Waals surface area contributed by atoms with Crippen LogP contribution in [0.5, 0.6) is 0 Å². The fourth-order valence-electron chi connectivity index (χ4n) is 0.0962. The number of methoxy groups -OCH3 is 1. The third kappa shape index (κ3) is 112. The minimum absolute atomic E-state index is 0.583. The summed E-state index contributed by atoms with van der Waals surface area (Å²) in [6.45, 7) is 15.0. The van der Waals surface area contributed by atoms with Crippen LogP contribution in [0.25, 0.3) is 0 Å². The first kappa shape index (κ1) is 23.2. The van der Waals surface area contributed by atoms with Gasteiger partial charge in [0.25, 0.3) is 6.26 Å². The maximum atomic E-state index is 7.40. The molecule has 1 aliphatic heterocycles. The molecule has 1 heterocycles. The van der Waals surface area contributed by atoms with Gasteiger partial charge in [-0.3, -0.25) is 0 Å². The molecule has 1 rings (SSSR count). The minimum atomic E-state index is 0.583. The molecular formula is C11H27NO2. The molecule has 0 aliphatic carbocycles. The molecular weight excluding hydrogens is 178 g/mol. The molecule has 0 aromatic rings. The maximum Gasteiger partial charge on any atom is 0.286 e. The van der Waals surface area contributed by atoms with Crippen LogP contribution in [0.1, 0.15) is 48.5 Å². The lowest BCUT2D eigenvalue weighted by molar-refractivity contribution is 0.362. The molecule has 14 heavy (non-hydrogen) atoms. The molecule has 0 aromatic heterocycles. The summed E-state index contributed by atoms with van der Waals surface area (Å²) in [4.78, 5) is 0. The van der Waals surface area contributed by atoms with Crippen molar-refractivity contribution >= 4 is 0 Å². The summed E-state index contributed by atoms with van der Waals surface area (Å²) in [6, 6.07) is 0. The quantitative estimate of drug-likeness (QED) is 0.448. The fourth-order valence-corrected chi connectivity index (χ4v) is 0.0962. The van der Waals surface area contributed by atoms with E-state index in [0.717, 1.165) is 6.61 Å². The molecule has 0 saturated carbocycles. The zero-order valence-electron chi connectivity index (χ0n) is 11.0. The van der Waals surface area contributed by atoms with E-state index in [9.17, 15) is 0 Å². The number of hydrogen-bond acceptors (Lipinski definition) is 3. The zero-order valence-corrected chi connectivity index (χ0v) is 11.0. The van der Waals surface area contributed by atoms with Gasteiger partial charge < -0.3 is 9.47 Å². The van der Waals surface area contributed by atoms with E-state index in [4.69, 9.17) is 10.00 Å². The maximum absolute atomic E-state index is 7.40. The van der Waals surface area contributed by atoms with Crippen LogP contribution in [0.3, 0.4) is 0 Å². The van der Waals surface area contributed by atoms with Gasteiger partial charge in [0, 0.05) is 0 Å². The Morgan fingerprint density at radius 1 is 1.14 bits per heavy atom. The Morgan fingerprint density at radius 3 is 1.29 bits per heavy atom. The van der Waals surface area contributed by atoms with E-state index in [0.29, 0.717) is 6.10 Å². The summed E-state index contributed by atoms with van der Waals surface area (Å²) in [7, 11) is 1.32. The Morgan fingerprint density at radius 2 is 1.29 bits per heavy atom. The third-order valence-electron chi connectivity index (χ3n) is 0.591. The number of hydrogen-bond donors (Lipinski definition) is 0. The van der Waals surface area contributed by atoms with Crippen LogP contribution in [0, 0.1) is 11.5 Å². The number of nitrogens with zero attached hydrogens (tertiary/aromatic N) is 1. The van der Waals surface area contributed by atoms with E-state index in [2.05, 4.69) is 11.7 Å². The van der Waals surface area contributed by atoms with Gasteiger partial charge in [0.05, 0.1) is 19.8 Å². The van der Waals surface area contributed by atoms with Gasteiger partial charge in [-0.05, 0) is 6.92 Å². The molecule has 0 radical (unpaired) electrons. The monoisotopic (exact) mass is 205 g/mol. The standard InChI is InChI=1S/C3H6O.C2H3NO.3C2H6/c1-3-2-4-3;1-4-2-3;3*1-2/h3H,2H2,1H3;1H3;3*1-2H3. The second-order valence-electron chi connectivity index (χ2n) is 1.44. The van der Waals surface area contributed by atoms with Crippen LogP contribution in [0.15, 0.2) is 0 Å². The highest BCUT2D eigenvalue weighted by atomic mass is 16.6. The van der Waals surface area contributed by atoms with Gasteiger partial charge in [-0.15, -0.1) is 0 Å². The van der Waals surface area contributed by atoms with Crippen molar-refractivity contribution in [3.63, 3.8) is 0 Å². The van der Waals surface area contributed by atoms with E-state index < -0.39 is 0 Å². The van der Waals surface area contributed by atoms with Gasteiger partial charge in [0.15, 0.2) is 0 Å². The predicted octanol–water partition coefficient (Wildman–Crippen LogP) is 3.60. The predicted molar refractivity (Wildman–Crippen MR) is 62.1 cm³/mol. The van der Waals surface area contributed by atoms with Gasteiger partial charge in [-0.2, -0.15) is 5.26 Å². The lowest BCUT2D eigenvalue weighted by Gasteiger charge is -1.61. The Hall–Kier alpha value is -0.750. The Kier molecular flexibility index (Phi) is 65.9. The first-order valence-corrected chi connectivity index (χ1v) is 5.35. The molecule has 1 saturated heterocycles. The lowest BCUT2D eigenvalue weighted by atomic mass is 10.6.